The van der Waals surface area contributed by atoms with Crippen LogP contribution >= 0.6 is 0 Å². The maximum atomic E-state index is 11.6. The van der Waals surface area contributed by atoms with Gasteiger partial charge in [0.1, 0.15) is 11.5 Å². The molecule has 7 nitrogen and oxygen atoms in total. The first-order valence-corrected chi connectivity index (χ1v) is 6.94. The Balaban J connectivity index is 1.67. The number of aromatic nitrogens is 5. The lowest BCUT2D eigenvalue weighted by molar-refractivity contribution is 0.482. The van der Waals surface area contributed by atoms with E-state index in [0.29, 0.717) is 11.4 Å². The largest absolute Gasteiger partial charge is 0.457 e. The number of ether oxygens (including phenoxy) is 1. The first kappa shape index (κ1) is 13.2. The lowest BCUT2D eigenvalue weighted by Crippen LogP contribution is -2.07. The van der Waals surface area contributed by atoms with E-state index in [9.17, 15) is 4.79 Å². The van der Waals surface area contributed by atoms with Gasteiger partial charge in [0.2, 0.25) is 0 Å². The second-order valence-electron chi connectivity index (χ2n) is 4.81. The van der Waals surface area contributed by atoms with Crippen molar-refractivity contribution in [1.82, 2.24) is 25.0 Å². The van der Waals surface area contributed by atoms with Crippen molar-refractivity contribution in [3.63, 3.8) is 0 Å². The lowest BCUT2D eigenvalue weighted by atomic mass is 10.3. The van der Waals surface area contributed by atoms with Crippen molar-refractivity contribution in [2.45, 2.75) is 0 Å². The van der Waals surface area contributed by atoms with Crippen molar-refractivity contribution >= 4 is 11.2 Å². The Labute approximate surface area is 130 Å². The van der Waals surface area contributed by atoms with Gasteiger partial charge in [-0.15, -0.1) is 5.10 Å². The van der Waals surface area contributed by atoms with Crippen LogP contribution in [0.25, 0.3) is 16.9 Å². The van der Waals surface area contributed by atoms with E-state index in [2.05, 4.69) is 20.3 Å². The third-order valence-electron chi connectivity index (χ3n) is 3.30. The zero-order valence-electron chi connectivity index (χ0n) is 11.9. The molecular weight excluding hydrogens is 294 g/mol. The summed E-state index contributed by atoms with van der Waals surface area (Å²) in [5, 5.41) is 7.84. The van der Waals surface area contributed by atoms with Crippen LogP contribution in [0.4, 0.5) is 0 Å². The number of benzene rings is 2. The molecule has 7 heteroatoms. The number of para-hydroxylation sites is 1. The first-order chi connectivity index (χ1) is 11.3. The zero-order chi connectivity index (χ0) is 15.6. The highest BCUT2D eigenvalue weighted by atomic mass is 16.5. The summed E-state index contributed by atoms with van der Waals surface area (Å²) < 4.78 is 7.25. The predicted octanol–water partition coefficient (Wildman–Crippen LogP) is 2.30. The Morgan fingerprint density at radius 3 is 2.48 bits per heavy atom. The van der Waals surface area contributed by atoms with Crippen LogP contribution in [0.2, 0.25) is 0 Å². The maximum absolute atomic E-state index is 11.6. The highest BCUT2D eigenvalue weighted by Gasteiger charge is 2.10. The predicted molar refractivity (Wildman–Crippen MR) is 83.8 cm³/mol. The average molecular weight is 305 g/mol. The van der Waals surface area contributed by atoms with Crippen molar-refractivity contribution in [3.8, 4) is 17.2 Å². The molecule has 0 bridgehead atoms. The molecule has 0 aliphatic heterocycles. The number of aromatic amines is 1. The molecule has 0 radical (unpaired) electrons. The summed E-state index contributed by atoms with van der Waals surface area (Å²) in [7, 11) is 0. The minimum absolute atomic E-state index is 0.206. The molecule has 2 aromatic heterocycles. The van der Waals surface area contributed by atoms with Crippen LogP contribution in [0, 0.1) is 0 Å². The third-order valence-corrected chi connectivity index (χ3v) is 3.30. The van der Waals surface area contributed by atoms with Crippen molar-refractivity contribution < 1.29 is 4.74 Å². The molecule has 23 heavy (non-hydrogen) atoms. The Morgan fingerprint density at radius 1 is 0.957 bits per heavy atom. The van der Waals surface area contributed by atoms with E-state index < -0.39 is 0 Å². The topological polar surface area (TPSA) is 85.7 Å². The van der Waals surface area contributed by atoms with Gasteiger partial charge in [0.05, 0.1) is 12.0 Å². The van der Waals surface area contributed by atoms with Gasteiger partial charge in [-0.25, -0.2) is 4.98 Å². The van der Waals surface area contributed by atoms with Gasteiger partial charge in [-0.3, -0.25) is 4.79 Å². The van der Waals surface area contributed by atoms with Crippen LogP contribution in [0.5, 0.6) is 11.5 Å². The molecule has 0 amide bonds. The van der Waals surface area contributed by atoms with Crippen molar-refractivity contribution in [1.29, 1.82) is 0 Å². The van der Waals surface area contributed by atoms with Crippen LogP contribution in [0.3, 0.4) is 0 Å². The second kappa shape index (κ2) is 5.38. The quantitative estimate of drug-likeness (QED) is 0.627. The SMILES string of the molecule is O=c1[nH]cnc2c1nnn2-c1ccc(Oc2ccccc2)cc1. The van der Waals surface area contributed by atoms with Gasteiger partial charge in [0, 0.05) is 0 Å². The van der Waals surface area contributed by atoms with Crippen LogP contribution in [0.1, 0.15) is 0 Å². The maximum Gasteiger partial charge on any atom is 0.280 e. The number of H-pyrrole nitrogens is 1. The molecule has 0 fully saturated rings. The smallest absolute Gasteiger partial charge is 0.280 e. The highest BCUT2D eigenvalue weighted by molar-refractivity contribution is 5.69. The molecule has 2 heterocycles. The summed E-state index contributed by atoms with van der Waals surface area (Å²) in [4.78, 5) is 18.2. The monoisotopic (exact) mass is 305 g/mol. The first-order valence-electron chi connectivity index (χ1n) is 6.94. The molecule has 1 N–H and O–H groups in total. The van der Waals surface area contributed by atoms with Gasteiger partial charge in [-0.2, -0.15) is 4.68 Å². The van der Waals surface area contributed by atoms with E-state index in [-0.39, 0.29) is 11.1 Å². The van der Waals surface area contributed by atoms with Crippen LogP contribution in [-0.4, -0.2) is 25.0 Å². The number of fused-ring (bicyclic) bond motifs is 1. The standard InChI is InChI=1S/C16H11N5O2/c22-16-14-15(17-10-18-16)21(20-19-14)11-6-8-13(9-7-11)23-12-4-2-1-3-5-12/h1-10H,(H,17,18,22). The molecule has 0 saturated heterocycles. The highest BCUT2D eigenvalue weighted by Crippen LogP contribution is 2.22. The van der Waals surface area contributed by atoms with E-state index in [1.54, 1.807) is 0 Å². The number of nitrogens with one attached hydrogen (secondary N) is 1. The summed E-state index contributed by atoms with van der Waals surface area (Å²) in [5.74, 6) is 1.47. The van der Waals surface area contributed by atoms with Gasteiger partial charge in [-0.05, 0) is 36.4 Å². The van der Waals surface area contributed by atoms with Gasteiger partial charge in [0.15, 0.2) is 11.2 Å². The summed E-state index contributed by atoms with van der Waals surface area (Å²) in [6.07, 6.45) is 1.33. The molecular formula is C16H11N5O2. The third kappa shape index (κ3) is 2.44. The number of hydrogen-bond acceptors (Lipinski definition) is 5. The minimum atomic E-state index is -0.315. The van der Waals surface area contributed by atoms with Crippen molar-refractivity contribution in [2.75, 3.05) is 0 Å². The Kier molecular flexibility index (Phi) is 3.09. The van der Waals surface area contributed by atoms with E-state index in [1.165, 1.54) is 11.0 Å². The molecule has 4 aromatic rings. The van der Waals surface area contributed by atoms with E-state index in [1.807, 2.05) is 54.6 Å². The van der Waals surface area contributed by atoms with Crippen LogP contribution in [-0.2, 0) is 0 Å². The summed E-state index contributed by atoms with van der Waals surface area (Å²) in [5.41, 5.74) is 1.04. The molecule has 0 aliphatic rings. The molecule has 0 aliphatic carbocycles. The number of nitrogens with zero attached hydrogens (tertiary/aromatic N) is 4. The number of rotatable bonds is 3. The molecule has 0 unspecified atom stereocenters. The Morgan fingerprint density at radius 2 is 1.70 bits per heavy atom. The van der Waals surface area contributed by atoms with Crippen LogP contribution < -0.4 is 10.3 Å². The molecule has 2 aromatic carbocycles. The van der Waals surface area contributed by atoms with Gasteiger partial charge in [-0.1, -0.05) is 23.4 Å². The van der Waals surface area contributed by atoms with Gasteiger partial charge < -0.3 is 9.72 Å². The Hall–Kier alpha value is -3.48. The van der Waals surface area contributed by atoms with Gasteiger partial charge in [0.25, 0.3) is 5.56 Å². The fourth-order valence-corrected chi connectivity index (χ4v) is 2.21. The normalized spacial score (nSPS) is 10.8. The summed E-state index contributed by atoms with van der Waals surface area (Å²) in [6.45, 7) is 0. The lowest BCUT2D eigenvalue weighted by Gasteiger charge is -2.06. The van der Waals surface area contributed by atoms with Crippen molar-refractivity contribution in [2.24, 2.45) is 0 Å². The van der Waals surface area contributed by atoms with E-state index in [0.717, 1.165) is 11.4 Å². The fourth-order valence-electron chi connectivity index (χ4n) is 2.21. The van der Waals surface area contributed by atoms with E-state index >= 15 is 0 Å². The number of hydrogen-bond donors (Lipinski definition) is 1. The average Bonchev–Trinajstić information content (AvgIpc) is 3.02. The zero-order valence-corrected chi connectivity index (χ0v) is 11.9. The summed E-state index contributed by atoms with van der Waals surface area (Å²) in [6, 6.07) is 16.8. The Bertz CT molecular complexity index is 1010. The fraction of sp³-hybridized carbons (Fsp3) is 0. The molecule has 4 rings (SSSR count). The van der Waals surface area contributed by atoms with Crippen LogP contribution in [0.15, 0.2) is 65.7 Å². The van der Waals surface area contributed by atoms with E-state index in [4.69, 9.17) is 4.74 Å². The minimum Gasteiger partial charge on any atom is -0.457 e. The molecule has 0 atom stereocenters. The molecule has 0 spiro atoms. The van der Waals surface area contributed by atoms with Crippen molar-refractivity contribution in [3.05, 3.63) is 71.3 Å². The molecule has 0 saturated carbocycles. The second-order valence-corrected chi connectivity index (χ2v) is 4.81. The summed E-state index contributed by atoms with van der Waals surface area (Å²) >= 11 is 0. The van der Waals surface area contributed by atoms with Gasteiger partial charge >= 0.3 is 0 Å². The molecule has 112 valence electrons.